The molecule has 0 bridgehead atoms. The van der Waals surface area contributed by atoms with Gasteiger partial charge in [-0.3, -0.25) is 9.59 Å². The highest BCUT2D eigenvalue weighted by molar-refractivity contribution is 5.79. The highest BCUT2D eigenvalue weighted by Gasteiger charge is 2.18. The van der Waals surface area contributed by atoms with E-state index < -0.39 is 12.0 Å². The van der Waals surface area contributed by atoms with E-state index in [1.807, 2.05) is 13.8 Å². The average molecular weight is 201 g/mol. The Balaban J connectivity index is 3.97. The zero-order chi connectivity index (χ0) is 11.1. The maximum atomic E-state index is 11.0. The van der Waals surface area contributed by atoms with Crippen LogP contribution in [0, 0.1) is 0 Å². The van der Waals surface area contributed by atoms with Gasteiger partial charge in [-0.25, -0.2) is 0 Å². The molecule has 0 aliphatic rings. The van der Waals surface area contributed by atoms with E-state index in [2.05, 4.69) is 5.32 Å². The summed E-state index contributed by atoms with van der Waals surface area (Å²) in [6.45, 7) is 5.56. The van der Waals surface area contributed by atoms with Crippen LogP contribution in [-0.4, -0.2) is 28.9 Å². The molecule has 0 aliphatic carbocycles. The van der Waals surface area contributed by atoms with Crippen molar-refractivity contribution in [1.29, 1.82) is 0 Å². The molecule has 2 N–H and O–H groups in total. The molecule has 0 amide bonds. The third-order valence-electron chi connectivity index (χ3n) is 1.94. The van der Waals surface area contributed by atoms with Gasteiger partial charge in [0.2, 0.25) is 0 Å². The van der Waals surface area contributed by atoms with E-state index in [1.165, 1.54) is 0 Å². The van der Waals surface area contributed by atoms with E-state index in [0.29, 0.717) is 19.3 Å². The standard InChI is InChI=1S/C10H19NO3/c1-4-8(12)5-6-9(10(13)14)11-7(2)3/h7,9,11H,4-6H2,1-3H3,(H,13,14). The van der Waals surface area contributed by atoms with Crippen LogP contribution in [0.3, 0.4) is 0 Å². The van der Waals surface area contributed by atoms with E-state index in [-0.39, 0.29) is 11.8 Å². The van der Waals surface area contributed by atoms with Crippen molar-refractivity contribution in [2.75, 3.05) is 0 Å². The lowest BCUT2D eigenvalue weighted by Gasteiger charge is -2.16. The summed E-state index contributed by atoms with van der Waals surface area (Å²) in [5, 5.41) is 11.7. The summed E-state index contributed by atoms with van der Waals surface area (Å²) in [5.41, 5.74) is 0. The maximum absolute atomic E-state index is 11.0. The number of carbonyl (C=O) groups excluding carboxylic acids is 1. The number of carboxylic acids is 1. The summed E-state index contributed by atoms with van der Waals surface area (Å²) >= 11 is 0. The van der Waals surface area contributed by atoms with Crippen LogP contribution >= 0.6 is 0 Å². The molecule has 0 heterocycles. The van der Waals surface area contributed by atoms with Crippen molar-refractivity contribution in [2.45, 2.75) is 52.1 Å². The highest BCUT2D eigenvalue weighted by Crippen LogP contribution is 2.02. The van der Waals surface area contributed by atoms with Crippen LogP contribution in [0.2, 0.25) is 0 Å². The van der Waals surface area contributed by atoms with Crippen LogP contribution in [0.4, 0.5) is 0 Å². The number of ketones is 1. The molecule has 4 nitrogen and oxygen atoms in total. The van der Waals surface area contributed by atoms with Crippen molar-refractivity contribution in [1.82, 2.24) is 5.32 Å². The van der Waals surface area contributed by atoms with Gasteiger partial charge < -0.3 is 10.4 Å². The molecular formula is C10H19NO3. The normalized spacial score (nSPS) is 12.9. The van der Waals surface area contributed by atoms with Crippen molar-refractivity contribution in [3.05, 3.63) is 0 Å². The summed E-state index contributed by atoms with van der Waals surface area (Å²) in [4.78, 5) is 21.8. The van der Waals surface area contributed by atoms with Crippen molar-refractivity contribution < 1.29 is 14.7 Å². The maximum Gasteiger partial charge on any atom is 0.320 e. The van der Waals surface area contributed by atoms with Crippen molar-refractivity contribution in [3.63, 3.8) is 0 Å². The Morgan fingerprint density at radius 1 is 1.36 bits per heavy atom. The number of carbonyl (C=O) groups is 2. The number of Topliss-reactive ketones (excluding diaryl/α,β-unsaturated/α-hetero) is 1. The molecule has 0 radical (unpaired) electrons. The molecule has 0 aliphatic heterocycles. The molecule has 0 spiro atoms. The number of nitrogens with one attached hydrogen (secondary N) is 1. The van der Waals surface area contributed by atoms with Gasteiger partial charge in [-0.2, -0.15) is 0 Å². The van der Waals surface area contributed by atoms with Crippen molar-refractivity contribution >= 4 is 11.8 Å². The van der Waals surface area contributed by atoms with Gasteiger partial charge in [-0.1, -0.05) is 20.8 Å². The number of carboxylic acid groups (broad SMARTS) is 1. The summed E-state index contributed by atoms with van der Waals surface area (Å²) in [6, 6.07) is -0.488. The van der Waals surface area contributed by atoms with Crippen LogP contribution in [0.25, 0.3) is 0 Å². The van der Waals surface area contributed by atoms with Crippen LogP contribution in [0.15, 0.2) is 0 Å². The Morgan fingerprint density at radius 2 is 1.93 bits per heavy atom. The van der Waals surface area contributed by atoms with Gasteiger partial charge in [0.15, 0.2) is 0 Å². The molecule has 0 aromatic heterocycles. The Morgan fingerprint density at radius 3 is 2.29 bits per heavy atom. The van der Waals surface area contributed by atoms with Gasteiger partial charge >= 0.3 is 5.97 Å². The molecule has 1 atom stereocenters. The minimum Gasteiger partial charge on any atom is -0.480 e. The Hall–Kier alpha value is -0.900. The molecule has 0 aromatic carbocycles. The van der Waals surface area contributed by atoms with Crippen molar-refractivity contribution in [2.24, 2.45) is 0 Å². The topological polar surface area (TPSA) is 66.4 Å². The Kier molecular flexibility index (Phi) is 6.12. The van der Waals surface area contributed by atoms with Gasteiger partial charge in [-0.15, -0.1) is 0 Å². The first kappa shape index (κ1) is 13.1. The molecule has 0 saturated carbocycles. The molecule has 14 heavy (non-hydrogen) atoms. The SMILES string of the molecule is CCC(=O)CCC(NC(C)C)C(=O)O. The number of rotatable bonds is 7. The molecule has 4 heteroatoms. The number of hydrogen-bond donors (Lipinski definition) is 2. The van der Waals surface area contributed by atoms with Crippen LogP contribution < -0.4 is 5.32 Å². The quantitative estimate of drug-likeness (QED) is 0.649. The second-order valence-electron chi connectivity index (χ2n) is 3.64. The van der Waals surface area contributed by atoms with Gasteiger partial charge in [0.05, 0.1) is 0 Å². The monoisotopic (exact) mass is 201 g/mol. The fraction of sp³-hybridized carbons (Fsp3) is 0.800. The van der Waals surface area contributed by atoms with Gasteiger partial charge in [-0.05, 0) is 6.42 Å². The smallest absolute Gasteiger partial charge is 0.320 e. The zero-order valence-corrected chi connectivity index (χ0v) is 9.04. The summed E-state index contributed by atoms with van der Waals surface area (Å²) in [5.74, 6) is -0.774. The summed E-state index contributed by atoms with van der Waals surface area (Å²) < 4.78 is 0. The minimum absolute atomic E-state index is 0.113. The number of aliphatic carboxylic acids is 1. The lowest BCUT2D eigenvalue weighted by Crippen LogP contribution is -2.41. The fourth-order valence-electron chi connectivity index (χ4n) is 1.16. The number of hydrogen-bond acceptors (Lipinski definition) is 3. The largest absolute Gasteiger partial charge is 0.480 e. The predicted octanol–water partition coefficient (Wildman–Crippen LogP) is 1.20. The second-order valence-corrected chi connectivity index (χ2v) is 3.64. The molecule has 0 saturated heterocycles. The first-order chi connectivity index (χ1) is 6.47. The lowest BCUT2D eigenvalue weighted by molar-refractivity contribution is -0.139. The molecule has 0 rings (SSSR count). The van der Waals surface area contributed by atoms with E-state index in [9.17, 15) is 9.59 Å². The van der Waals surface area contributed by atoms with Crippen LogP contribution in [0.5, 0.6) is 0 Å². The third-order valence-corrected chi connectivity index (χ3v) is 1.94. The van der Waals surface area contributed by atoms with E-state index in [1.54, 1.807) is 6.92 Å². The molecule has 0 fully saturated rings. The van der Waals surface area contributed by atoms with E-state index in [4.69, 9.17) is 5.11 Å². The summed E-state index contributed by atoms with van der Waals surface area (Å²) in [7, 11) is 0. The first-order valence-electron chi connectivity index (χ1n) is 4.98. The van der Waals surface area contributed by atoms with Gasteiger partial charge in [0.1, 0.15) is 11.8 Å². The molecular weight excluding hydrogens is 182 g/mol. The summed E-state index contributed by atoms with van der Waals surface area (Å²) in [6.07, 6.45) is 1.20. The lowest BCUT2D eigenvalue weighted by atomic mass is 10.1. The Labute approximate surface area is 84.7 Å². The fourth-order valence-corrected chi connectivity index (χ4v) is 1.16. The third kappa shape index (κ3) is 5.70. The Bertz CT molecular complexity index is 202. The van der Waals surface area contributed by atoms with E-state index in [0.717, 1.165) is 0 Å². The van der Waals surface area contributed by atoms with Gasteiger partial charge in [0, 0.05) is 18.9 Å². The van der Waals surface area contributed by atoms with Gasteiger partial charge in [0.25, 0.3) is 0 Å². The molecule has 82 valence electrons. The molecule has 1 unspecified atom stereocenters. The zero-order valence-electron chi connectivity index (χ0n) is 9.04. The van der Waals surface area contributed by atoms with Crippen LogP contribution in [-0.2, 0) is 9.59 Å². The second kappa shape index (κ2) is 6.54. The van der Waals surface area contributed by atoms with Crippen molar-refractivity contribution in [3.8, 4) is 0 Å². The minimum atomic E-state index is -0.886. The first-order valence-corrected chi connectivity index (χ1v) is 4.98. The van der Waals surface area contributed by atoms with Crippen LogP contribution in [0.1, 0.15) is 40.0 Å². The highest BCUT2D eigenvalue weighted by atomic mass is 16.4. The molecule has 0 aromatic rings. The van der Waals surface area contributed by atoms with E-state index >= 15 is 0 Å². The average Bonchev–Trinajstić information content (AvgIpc) is 2.10. The predicted molar refractivity (Wildman–Crippen MR) is 54.2 cm³/mol.